The third-order valence-electron chi connectivity index (χ3n) is 3.99. The Kier molecular flexibility index (Phi) is 4.72. The predicted octanol–water partition coefficient (Wildman–Crippen LogP) is 3.89. The number of aromatic nitrogens is 2. The van der Waals surface area contributed by atoms with Crippen LogP contribution in [-0.4, -0.2) is 28.1 Å². The zero-order valence-corrected chi connectivity index (χ0v) is 15.6. The van der Waals surface area contributed by atoms with Gasteiger partial charge in [0.05, 0.1) is 5.25 Å². The molecule has 2 aromatic carbocycles. The van der Waals surface area contributed by atoms with E-state index in [2.05, 4.69) is 15.5 Å². The number of ether oxygens (including phenoxy) is 2. The molecule has 0 saturated carbocycles. The van der Waals surface area contributed by atoms with Crippen molar-refractivity contribution in [3.05, 3.63) is 48.0 Å². The van der Waals surface area contributed by atoms with Gasteiger partial charge in [-0.2, -0.15) is 0 Å². The molecule has 1 N–H and O–H groups in total. The number of nitrogens with one attached hydrogen (secondary N) is 1. The summed E-state index contributed by atoms with van der Waals surface area (Å²) >= 11 is 1.21. The number of fused-ring (bicyclic) bond motifs is 1. The molecule has 0 unspecified atom stereocenters. The third kappa shape index (κ3) is 3.90. The van der Waals surface area contributed by atoms with Gasteiger partial charge in [0.25, 0.3) is 5.22 Å². The number of hydrogen-bond acceptors (Lipinski definition) is 7. The summed E-state index contributed by atoms with van der Waals surface area (Å²) in [6.45, 7) is 3.99. The molecule has 8 heteroatoms. The first kappa shape index (κ1) is 17.4. The lowest BCUT2D eigenvalue weighted by atomic mass is 10.2. The van der Waals surface area contributed by atoms with Crippen LogP contribution in [0.2, 0.25) is 0 Å². The SMILES string of the molecule is Cc1ccc(NC(=O)[C@H](C)Sc2nnc(-c3ccc4c(c3)OCO4)o2)cc1. The molecule has 4 rings (SSSR count). The van der Waals surface area contributed by atoms with Gasteiger partial charge >= 0.3 is 0 Å². The molecule has 0 spiro atoms. The smallest absolute Gasteiger partial charge is 0.277 e. The average Bonchev–Trinajstić information content (AvgIpc) is 3.32. The van der Waals surface area contributed by atoms with E-state index in [1.165, 1.54) is 11.8 Å². The largest absolute Gasteiger partial charge is 0.454 e. The van der Waals surface area contributed by atoms with Crippen molar-refractivity contribution in [1.29, 1.82) is 0 Å². The maximum Gasteiger partial charge on any atom is 0.277 e. The second kappa shape index (κ2) is 7.32. The van der Waals surface area contributed by atoms with Gasteiger partial charge in [0.1, 0.15) is 0 Å². The molecule has 1 aliphatic rings. The molecule has 0 saturated heterocycles. The Morgan fingerprint density at radius 1 is 1.11 bits per heavy atom. The van der Waals surface area contributed by atoms with Gasteiger partial charge in [0.2, 0.25) is 18.6 Å². The fraction of sp³-hybridized carbons (Fsp3) is 0.211. The maximum absolute atomic E-state index is 12.4. The molecule has 2 heterocycles. The van der Waals surface area contributed by atoms with Crippen LogP contribution in [0.1, 0.15) is 12.5 Å². The number of amides is 1. The number of carbonyl (C=O) groups is 1. The van der Waals surface area contributed by atoms with E-state index in [0.717, 1.165) is 16.8 Å². The van der Waals surface area contributed by atoms with Crippen LogP contribution in [0.5, 0.6) is 11.5 Å². The minimum atomic E-state index is -0.392. The Bertz CT molecular complexity index is 971. The van der Waals surface area contributed by atoms with Gasteiger partial charge in [0, 0.05) is 11.3 Å². The molecule has 1 atom stereocenters. The summed E-state index contributed by atoms with van der Waals surface area (Å²) in [6.07, 6.45) is 0. The van der Waals surface area contributed by atoms with Gasteiger partial charge in [-0.1, -0.05) is 29.5 Å². The van der Waals surface area contributed by atoms with Crippen molar-refractivity contribution in [3.63, 3.8) is 0 Å². The molecular formula is C19H17N3O4S. The van der Waals surface area contributed by atoms with Crippen LogP contribution in [0.3, 0.4) is 0 Å². The van der Waals surface area contributed by atoms with E-state index in [-0.39, 0.29) is 12.7 Å². The Morgan fingerprint density at radius 2 is 1.89 bits per heavy atom. The summed E-state index contributed by atoms with van der Waals surface area (Å²) in [5.41, 5.74) is 2.62. The van der Waals surface area contributed by atoms with Crippen LogP contribution in [0.4, 0.5) is 5.69 Å². The molecule has 7 nitrogen and oxygen atoms in total. The summed E-state index contributed by atoms with van der Waals surface area (Å²) in [5, 5.41) is 10.9. The summed E-state index contributed by atoms with van der Waals surface area (Å²) in [7, 11) is 0. The van der Waals surface area contributed by atoms with Crippen molar-refractivity contribution in [2.45, 2.75) is 24.3 Å². The summed E-state index contributed by atoms with van der Waals surface area (Å²) in [6, 6.07) is 13.0. The van der Waals surface area contributed by atoms with Crippen molar-refractivity contribution < 1.29 is 18.7 Å². The second-order valence-electron chi connectivity index (χ2n) is 6.06. The summed E-state index contributed by atoms with van der Waals surface area (Å²) in [5.74, 6) is 1.56. The maximum atomic E-state index is 12.4. The average molecular weight is 383 g/mol. The van der Waals surface area contributed by atoms with Gasteiger partial charge in [-0.3, -0.25) is 4.79 Å². The number of hydrogen-bond donors (Lipinski definition) is 1. The third-order valence-corrected chi connectivity index (χ3v) is 4.93. The molecular weight excluding hydrogens is 366 g/mol. The van der Waals surface area contributed by atoms with Crippen molar-refractivity contribution in [2.24, 2.45) is 0 Å². The van der Waals surface area contributed by atoms with Gasteiger partial charge in [-0.25, -0.2) is 0 Å². The Morgan fingerprint density at radius 3 is 2.70 bits per heavy atom. The van der Waals surface area contributed by atoms with Gasteiger partial charge in [-0.05, 0) is 44.2 Å². The lowest BCUT2D eigenvalue weighted by Gasteiger charge is -2.10. The lowest BCUT2D eigenvalue weighted by molar-refractivity contribution is -0.115. The minimum absolute atomic E-state index is 0.133. The van der Waals surface area contributed by atoms with E-state index < -0.39 is 5.25 Å². The molecule has 0 fully saturated rings. The first-order valence-corrected chi connectivity index (χ1v) is 9.24. The molecule has 0 bridgehead atoms. The highest BCUT2D eigenvalue weighted by Gasteiger charge is 2.20. The van der Waals surface area contributed by atoms with Crippen LogP contribution in [-0.2, 0) is 4.79 Å². The number of nitrogens with zero attached hydrogens (tertiary/aromatic N) is 2. The molecule has 0 radical (unpaired) electrons. The summed E-state index contributed by atoms with van der Waals surface area (Å²) in [4.78, 5) is 12.4. The molecule has 1 aromatic heterocycles. The topological polar surface area (TPSA) is 86.5 Å². The highest BCUT2D eigenvalue weighted by Crippen LogP contribution is 2.36. The predicted molar refractivity (Wildman–Crippen MR) is 101 cm³/mol. The van der Waals surface area contributed by atoms with E-state index in [1.807, 2.05) is 37.3 Å². The number of rotatable bonds is 5. The normalized spacial score (nSPS) is 13.4. The Balaban J connectivity index is 1.41. The van der Waals surface area contributed by atoms with Crippen molar-refractivity contribution in [3.8, 4) is 23.0 Å². The monoisotopic (exact) mass is 383 g/mol. The Hall–Kier alpha value is -3.00. The number of thioether (sulfide) groups is 1. The highest BCUT2D eigenvalue weighted by atomic mass is 32.2. The number of benzene rings is 2. The summed E-state index contributed by atoms with van der Waals surface area (Å²) < 4.78 is 16.3. The van der Waals surface area contributed by atoms with E-state index in [9.17, 15) is 4.79 Å². The molecule has 0 aliphatic carbocycles. The quantitative estimate of drug-likeness (QED) is 0.669. The van der Waals surface area contributed by atoms with Crippen molar-refractivity contribution in [1.82, 2.24) is 10.2 Å². The fourth-order valence-electron chi connectivity index (χ4n) is 2.49. The van der Waals surface area contributed by atoms with Crippen LogP contribution in [0.25, 0.3) is 11.5 Å². The minimum Gasteiger partial charge on any atom is -0.454 e. The molecule has 138 valence electrons. The zero-order chi connectivity index (χ0) is 18.8. The lowest BCUT2D eigenvalue weighted by Crippen LogP contribution is -2.22. The number of aryl methyl sites for hydroxylation is 1. The Labute approximate surface area is 160 Å². The number of carbonyl (C=O) groups excluding carboxylic acids is 1. The molecule has 1 amide bonds. The highest BCUT2D eigenvalue weighted by molar-refractivity contribution is 8.00. The van der Waals surface area contributed by atoms with E-state index in [0.29, 0.717) is 22.6 Å². The van der Waals surface area contributed by atoms with E-state index in [4.69, 9.17) is 13.9 Å². The van der Waals surface area contributed by atoms with Gasteiger partial charge < -0.3 is 19.2 Å². The van der Waals surface area contributed by atoms with Gasteiger partial charge in [-0.15, -0.1) is 10.2 Å². The van der Waals surface area contributed by atoms with Crippen LogP contribution >= 0.6 is 11.8 Å². The zero-order valence-electron chi connectivity index (χ0n) is 14.8. The van der Waals surface area contributed by atoms with Crippen LogP contribution in [0, 0.1) is 6.92 Å². The van der Waals surface area contributed by atoms with Crippen LogP contribution < -0.4 is 14.8 Å². The first-order valence-electron chi connectivity index (χ1n) is 8.36. The van der Waals surface area contributed by atoms with E-state index >= 15 is 0 Å². The standard InChI is InChI=1S/C19H17N3O4S/c1-11-3-6-14(7-4-11)20-17(23)12(2)27-19-22-21-18(26-19)13-5-8-15-16(9-13)25-10-24-15/h3-9,12H,10H2,1-2H3,(H,20,23)/t12-/m0/s1. The first-order chi connectivity index (χ1) is 13.1. The molecule has 3 aromatic rings. The van der Waals surface area contributed by atoms with Crippen molar-refractivity contribution in [2.75, 3.05) is 12.1 Å². The number of anilines is 1. The van der Waals surface area contributed by atoms with Crippen LogP contribution in [0.15, 0.2) is 52.1 Å². The van der Waals surface area contributed by atoms with Crippen molar-refractivity contribution >= 4 is 23.4 Å². The van der Waals surface area contributed by atoms with E-state index in [1.54, 1.807) is 19.1 Å². The second-order valence-corrected chi connectivity index (χ2v) is 7.35. The molecule has 1 aliphatic heterocycles. The molecule has 27 heavy (non-hydrogen) atoms. The van der Waals surface area contributed by atoms with Gasteiger partial charge in [0.15, 0.2) is 11.5 Å². The fourth-order valence-corrected chi connectivity index (χ4v) is 3.17.